The van der Waals surface area contributed by atoms with Gasteiger partial charge in [-0.05, 0) is 35.2 Å². The number of hydrogen-bond acceptors (Lipinski definition) is 4. The van der Waals surface area contributed by atoms with Crippen LogP contribution in [0.15, 0.2) is 34.4 Å². The second-order valence-electron chi connectivity index (χ2n) is 4.33. The molecule has 2 heterocycles. The summed E-state index contributed by atoms with van der Waals surface area (Å²) in [5.74, 6) is 0. The molecule has 1 fully saturated rings. The molecule has 0 saturated heterocycles. The zero-order chi connectivity index (χ0) is 12.6. The van der Waals surface area contributed by atoms with Crippen LogP contribution in [0.25, 0.3) is 0 Å². The van der Waals surface area contributed by atoms with E-state index in [1.807, 2.05) is 16.8 Å². The molecule has 2 aromatic rings. The van der Waals surface area contributed by atoms with Crippen LogP contribution in [0.5, 0.6) is 0 Å². The molecule has 1 saturated carbocycles. The van der Waals surface area contributed by atoms with Gasteiger partial charge in [0.15, 0.2) is 5.03 Å². The van der Waals surface area contributed by atoms with E-state index in [0.717, 1.165) is 18.4 Å². The molecule has 0 atom stereocenters. The van der Waals surface area contributed by atoms with Crippen molar-refractivity contribution in [3.05, 3.63) is 34.9 Å². The largest absolute Gasteiger partial charge is 0.335 e. The molecule has 1 aliphatic rings. The zero-order valence-corrected chi connectivity index (χ0v) is 11.2. The number of hydrogen-bond donors (Lipinski definition) is 1. The first-order valence-electron chi connectivity index (χ1n) is 5.69. The van der Waals surface area contributed by atoms with Crippen LogP contribution in [0.3, 0.4) is 0 Å². The fourth-order valence-corrected chi connectivity index (χ4v) is 4.08. The number of H-pyrrole nitrogens is 1. The average molecular weight is 283 g/mol. The SMILES string of the molecule is O=S(=O)(c1cnc[nH]1)N(Cc1ccsc1)C1CC1. The lowest BCUT2D eigenvalue weighted by molar-refractivity contribution is 0.397. The Morgan fingerprint density at radius 3 is 2.89 bits per heavy atom. The maximum atomic E-state index is 12.5. The number of nitrogens with one attached hydrogen (secondary N) is 1. The van der Waals surface area contributed by atoms with E-state index in [9.17, 15) is 8.42 Å². The summed E-state index contributed by atoms with van der Waals surface area (Å²) in [6, 6.07) is 2.10. The quantitative estimate of drug-likeness (QED) is 0.910. The Balaban J connectivity index is 1.90. The van der Waals surface area contributed by atoms with Crippen molar-refractivity contribution in [2.24, 2.45) is 0 Å². The van der Waals surface area contributed by atoms with E-state index >= 15 is 0 Å². The summed E-state index contributed by atoms with van der Waals surface area (Å²) in [6.45, 7) is 0.440. The summed E-state index contributed by atoms with van der Waals surface area (Å²) in [5.41, 5.74) is 1.04. The molecule has 0 radical (unpaired) electrons. The van der Waals surface area contributed by atoms with Crippen LogP contribution < -0.4 is 0 Å². The van der Waals surface area contributed by atoms with Gasteiger partial charge in [-0.2, -0.15) is 15.6 Å². The van der Waals surface area contributed by atoms with Crippen molar-refractivity contribution >= 4 is 21.4 Å². The van der Waals surface area contributed by atoms with E-state index in [4.69, 9.17) is 0 Å². The smallest absolute Gasteiger partial charge is 0.260 e. The number of nitrogens with zero attached hydrogens (tertiary/aromatic N) is 2. The average Bonchev–Trinajstić information content (AvgIpc) is 2.87. The van der Waals surface area contributed by atoms with Gasteiger partial charge < -0.3 is 4.98 Å². The Kier molecular flexibility index (Phi) is 2.96. The van der Waals surface area contributed by atoms with Crippen LogP contribution in [0.1, 0.15) is 18.4 Å². The molecular formula is C11H13N3O2S2. The summed E-state index contributed by atoms with van der Waals surface area (Å²) in [5, 5.41) is 4.12. The lowest BCUT2D eigenvalue weighted by Gasteiger charge is -2.20. The van der Waals surface area contributed by atoms with Crippen LogP contribution in [0, 0.1) is 0 Å². The predicted molar refractivity (Wildman–Crippen MR) is 68.7 cm³/mol. The second-order valence-corrected chi connectivity index (χ2v) is 6.97. The van der Waals surface area contributed by atoms with Gasteiger partial charge in [0.1, 0.15) is 0 Å². The van der Waals surface area contributed by atoms with Gasteiger partial charge in [0.25, 0.3) is 10.0 Å². The highest BCUT2D eigenvalue weighted by molar-refractivity contribution is 7.89. The highest BCUT2D eigenvalue weighted by atomic mass is 32.2. The van der Waals surface area contributed by atoms with Crippen molar-refractivity contribution in [1.82, 2.24) is 14.3 Å². The molecule has 1 aliphatic carbocycles. The van der Waals surface area contributed by atoms with E-state index < -0.39 is 10.0 Å². The van der Waals surface area contributed by atoms with Crippen LogP contribution in [-0.2, 0) is 16.6 Å². The topological polar surface area (TPSA) is 66.1 Å². The lowest BCUT2D eigenvalue weighted by atomic mass is 10.3. The number of aromatic nitrogens is 2. The summed E-state index contributed by atoms with van der Waals surface area (Å²) >= 11 is 1.58. The third kappa shape index (κ3) is 2.21. The van der Waals surface area contributed by atoms with Crippen molar-refractivity contribution in [3.8, 4) is 0 Å². The van der Waals surface area contributed by atoms with Crippen LogP contribution in [-0.4, -0.2) is 28.7 Å². The third-order valence-corrected chi connectivity index (χ3v) is 5.49. The van der Waals surface area contributed by atoms with Crippen molar-refractivity contribution < 1.29 is 8.42 Å². The van der Waals surface area contributed by atoms with E-state index in [1.165, 1.54) is 12.5 Å². The van der Waals surface area contributed by atoms with Gasteiger partial charge >= 0.3 is 0 Å². The fraction of sp³-hybridized carbons (Fsp3) is 0.364. The molecule has 7 heteroatoms. The normalized spacial score (nSPS) is 16.3. The Hall–Kier alpha value is -1.18. The molecular weight excluding hydrogens is 270 g/mol. The molecule has 3 rings (SSSR count). The first-order valence-corrected chi connectivity index (χ1v) is 8.07. The van der Waals surface area contributed by atoms with Crippen LogP contribution in [0.4, 0.5) is 0 Å². The van der Waals surface area contributed by atoms with Crippen LogP contribution >= 0.6 is 11.3 Å². The molecule has 0 unspecified atom stereocenters. The number of sulfonamides is 1. The molecule has 5 nitrogen and oxygen atoms in total. The second kappa shape index (κ2) is 4.49. The van der Waals surface area contributed by atoms with E-state index in [1.54, 1.807) is 15.6 Å². The van der Waals surface area contributed by atoms with Gasteiger partial charge in [0, 0.05) is 12.6 Å². The number of imidazole rings is 1. The number of aromatic amines is 1. The molecule has 2 aromatic heterocycles. The minimum Gasteiger partial charge on any atom is -0.335 e. The third-order valence-electron chi connectivity index (χ3n) is 2.93. The fourth-order valence-electron chi connectivity index (χ4n) is 1.85. The molecule has 0 bridgehead atoms. The molecule has 0 amide bonds. The standard InChI is InChI=1S/C11H13N3O2S2/c15-18(16,11-5-12-8-13-11)14(10-1-2-10)6-9-3-4-17-7-9/h3-5,7-8,10H,1-2,6H2,(H,12,13). The van der Waals surface area contributed by atoms with Crippen molar-refractivity contribution in [1.29, 1.82) is 0 Å². The first-order chi connectivity index (χ1) is 8.68. The van der Waals surface area contributed by atoms with Gasteiger partial charge in [-0.3, -0.25) is 0 Å². The molecule has 0 spiro atoms. The van der Waals surface area contributed by atoms with Crippen LogP contribution in [0.2, 0.25) is 0 Å². The Labute approximate surface area is 110 Å². The van der Waals surface area contributed by atoms with Gasteiger partial charge in [-0.15, -0.1) is 0 Å². The van der Waals surface area contributed by atoms with E-state index in [-0.39, 0.29) is 11.1 Å². The van der Waals surface area contributed by atoms with Crippen molar-refractivity contribution in [2.75, 3.05) is 0 Å². The molecule has 1 N–H and O–H groups in total. The Morgan fingerprint density at radius 2 is 2.33 bits per heavy atom. The molecule has 0 aliphatic heterocycles. The van der Waals surface area contributed by atoms with Crippen molar-refractivity contribution in [3.63, 3.8) is 0 Å². The van der Waals surface area contributed by atoms with Gasteiger partial charge in [0.05, 0.1) is 12.5 Å². The minimum absolute atomic E-state index is 0.137. The maximum Gasteiger partial charge on any atom is 0.260 e. The Bertz CT molecular complexity index is 601. The summed E-state index contributed by atoms with van der Waals surface area (Å²) in [6.07, 6.45) is 4.63. The molecule has 96 valence electrons. The summed E-state index contributed by atoms with van der Waals surface area (Å²) < 4.78 is 26.5. The number of rotatable bonds is 5. The molecule has 0 aromatic carbocycles. The maximum absolute atomic E-state index is 12.5. The first kappa shape index (κ1) is 11.9. The highest BCUT2D eigenvalue weighted by Crippen LogP contribution is 2.33. The number of thiophene rings is 1. The van der Waals surface area contributed by atoms with Gasteiger partial charge in [-0.1, -0.05) is 0 Å². The van der Waals surface area contributed by atoms with E-state index in [0.29, 0.717) is 6.54 Å². The summed E-state index contributed by atoms with van der Waals surface area (Å²) in [4.78, 5) is 6.47. The zero-order valence-electron chi connectivity index (χ0n) is 9.61. The summed E-state index contributed by atoms with van der Waals surface area (Å²) in [7, 11) is -3.45. The van der Waals surface area contributed by atoms with Gasteiger partial charge in [0.2, 0.25) is 0 Å². The minimum atomic E-state index is -3.45. The molecule has 18 heavy (non-hydrogen) atoms. The lowest BCUT2D eigenvalue weighted by Crippen LogP contribution is -2.32. The highest BCUT2D eigenvalue weighted by Gasteiger charge is 2.38. The predicted octanol–water partition coefficient (Wildman–Crippen LogP) is 1.82. The van der Waals surface area contributed by atoms with Crippen molar-refractivity contribution in [2.45, 2.75) is 30.5 Å². The Morgan fingerprint density at radius 1 is 1.50 bits per heavy atom. The van der Waals surface area contributed by atoms with E-state index in [2.05, 4.69) is 9.97 Å². The van der Waals surface area contributed by atoms with Gasteiger partial charge in [-0.25, -0.2) is 13.4 Å². The monoisotopic (exact) mass is 283 g/mol.